The van der Waals surface area contributed by atoms with Crippen LogP contribution in [0.25, 0.3) is 0 Å². The van der Waals surface area contributed by atoms with Gasteiger partial charge >= 0.3 is 0 Å². The van der Waals surface area contributed by atoms with Crippen LogP contribution in [0.15, 0.2) is 5.16 Å². The number of likely N-dealkylation sites (tertiary alicyclic amines) is 2. The average molecular weight is 268 g/mol. The fraction of sp³-hybridized carbons (Fsp3) is 0.929. The molecular weight excluding hydrogens is 240 g/mol. The minimum Gasteiger partial charge on any atom is -0.409 e. The summed E-state index contributed by atoms with van der Waals surface area (Å²) < 4.78 is 0. The van der Waals surface area contributed by atoms with Crippen molar-refractivity contribution in [2.24, 2.45) is 10.9 Å². The minimum atomic E-state index is 0.339. The van der Waals surface area contributed by atoms with Gasteiger partial charge in [-0.25, -0.2) is 0 Å². The molecule has 5 heteroatoms. The number of oxime groups is 1. The highest BCUT2D eigenvalue weighted by atomic mass is 16.4. The summed E-state index contributed by atoms with van der Waals surface area (Å²) in [6.45, 7) is 7.04. The fourth-order valence-electron chi connectivity index (χ4n) is 3.45. The lowest BCUT2D eigenvalue weighted by atomic mass is 9.98. The second-order valence-corrected chi connectivity index (χ2v) is 6.01. The maximum absolute atomic E-state index is 8.63. The fourth-order valence-corrected chi connectivity index (χ4v) is 3.45. The number of nitrogens with zero attached hydrogens (tertiary/aromatic N) is 3. The zero-order chi connectivity index (χ0) is 13.7. The molecule has 0 radical (unpaired) electrons. The lowest BCUT2D eigenvalue weighted by Gasteiger charge is -2.42. The topological polar surface area (TPSA) is 65.1 Å². The highest BCUT2D eigenvalue weighted by Gasteiger charge is 2.27. The Hall–Kier alpha value is -0.810. The van der Waals surface area contributed by atoms with Gasteiger partial charge in [-0.05, 0) is 58.8 Å². The second kappa shape index (κ2) is 7.10. The summed E-state index contributed by atoms with van der Waals surface area (Å²) in [5.41, 5.74) is 5.59. The third-order valence-corrected chi connectivity index (χ3v) is 4.66. The van der Waals surface area contributed by atoms with Crippen LogP contribution in [0.1, 0.15) is 45.4 Å². The van der Waals surface area contributed by atoms with Gasteiger partial charge < -0.3 is 20.7 Å². The van der Waals surface area contributed by atoms with Crippen LogP contribution >= 0.6 is 0 Å². The molecule has 0 spiro atoms. The summed E-state index contributed by atoms with van der Waals surface area (Å²) in [7, 11) is 0. The maximum atomic E-state index is 8.63. The van der Waals surface area contributed by atoms with Crippen molar-refractivity contribution in [2.75, 3.05) is 26.2 Å². The van der Waals surface area contributed by atoms with Crippen molar-refractivity contribution < 1.29 is 5.21 Å². The monoisotopic (exact) mass is 268 g/mol. The van der Waals surface area contributed by atoms with Gasteiger partial charge in [-0.3, -0.25) is 0 Å². The van der Waals surface area contributed by atoms with Gasteiger partial charge in [-0.1, -0.05) is 11.6 Å². The maximum Gasteiger partial charge on any atom is 0.140 e. The smallest absolute Gasteiger partial charge is 0.140 e. The standard InChI is InChI=1S/C14H28N4O/c1-12(11-14(15)16-19)17-9-5-13(6-10-17)18-7-3-2-4-8-18/h12-13,19H,2-11H2,1H3,(H2,15,16). The number of nitrogens with two attached hydrogens (primary N) is 1. The Morgan fingerprint density at radius 1 is 1.21 bits per heavy atom. The number of hydrogen-bond acceptors (Lipinski definition) is 4. The highest BCUT2D eigenvalue weighted by molar-refractivity contribution is 5.80. The molecule has 110 valence electrons. The van der Waals surface area contributed by atoms with Gasteiger partial charge in [0.05, 0.1) is 0 Å². The second-order valence-electron chi connectivity index (χ2n) is 6.01. The molecule has 19 heavy (non-hydrogen) atoms. The van der Waals surface area contributed by atoms with E-state index in [9.17, 15) is 0 Å². The van der Waals surface area contributed by atoms with Crippen molar-refractivity contribution in [1.82, 2.24) is 9.80 Å². The van der Waals surface area contributed by atoms with Gasteiger partial charge in [0.1, 0.15) is 5.84 Å². The van der Waals surface area contributed by atoms with Gasteiger partial charge in [-0.15, -0.1) is 0 Å². The molecule has 5 nitrogen and oxygen atoms in total. The van der Waals surface area contributed by atoms with E-state index in [0.29, 0.717) is 18.3 Å². The minimum absolute atomic E-state index is 0.339. The Labute approximate surface area is 116 Å². The van der Waals surface area contributed by atoms with Crippen LogP contribution in [0.4, 0.5) is 0 Å². The molecule has 0 aromatic heterocycles. The molecule has 0 saturated carbocycles. The van der Waals surface area contributed by atoms with Crippen molar-refractivity contribution >= 4 is 5.84 Å². The first kappa shape index (κ1) is 14.6. The normalized spacial score (nSPS) is 26.5. The lowest BCUT2D eigenvalue weighted by molar-refractivity contribution is 0.0771. The Kier molecular flexibility index (Phi) is 5.45. The van der Waals surface area contributed by atoms with E-state index < -0.39 is 0 Å². The zero-order valence-corrected chi connectivity index (χ0v) is 12.1. The molecular formula is C14H28N4O. The molecule has 2 saturated heterocycles. The van der Waals surface area contributed by atoms with Crippen molar-refractivity contribution in [3.8, 4) is 0 Å². The van der Waals surface area contributed by atoms with Gasteiger partial charge in [-0.2, -0.15) is 0 Å². The van der Waals surface area contributed by atoms with Gasteiger partial charge in [0, 0.05) is 18.5 Å². The Morgan fingerprint density at radius 2 is 1.84 bits per heavy atom. The summed E-state index contributed by atoms with van der Waals surface area (Å²) in [5.74, 6) is 0.339. The van der Waals surface area contributed by atoms with E-state index in [1.165, 1.54) is 45.2 Å². The van der Waals surface area contributed by atoms with Crippen molar-refractivity contribution in [3.63, 3.8) is 0 Å². The number of amidine groups is 1. The van der Waals surface area contributed by atoms with E-state index in [4.69, 9.17) is 10.9 Å². The first-order valence-electron chi connectivity index (χ1n) is 7.65. The number of hydrogen-bond donors (Lipinski definition) is 2. The molecule has 0 aromatic rings. The van der Waals surface area contributed by atoms with Crippen LogP contribution < -0.4 is 5.73 Å². The molecule has 2 fully saturated rings. The van der Waals surface area contributed by atoms with E-state index in [1.54, 1.807) is 0 Å². The van der Waals surface area contributed by atoms with E-state index >= 15 is 0 Å². The van der Waals surface area contributed by atoms with Gasteiger partial charge in [0.25, 0.3) is 0 Å². The molecule has 2 heterocycles. The molecule has 2 aliphatic heterocycles. The highest BCUT2D eigenvalue weighted by Crippen LogP contribution is 2.22. The number of piperidine rings is 2. The summed E-state index contributed by atoms with van der Waals surface area (Å²) in [5, 5.41) is 11.7. The van der Waals surface area contributed by atoms with E-state index in [2.05, 4.69) is 21.9 Å². The zero-order valence-electron chi connectivity index (χ0n) is 12.1. The van der Waals surface area contributed by atoms with Crippen LogP contribution in [0, 0.1) is 0 Å². The largest absolute Gasteiger partial charge is 0.409 e. The van der Waals surface area contributed by atoms with E-state index in [-0.39, 0.29) is 0 Å². The Balaban J connectivity index is 1.75. The Bertz CT molecular complexity index is 294. The lowest BCUT2D eigenvalue weighted by Crippen LogP contribution is -2.49. The molecule has 3 N–H and O–H groups in total. The van der Waals surface area contributed by atoms with Crippen LogP contribution in [-0.2, 0) is 0 Å². The van der Waals surface area contributed by atoms with Crippen LogP contribution in [-0.4, -0.2) is 59.1 Å². The third kappa shape index (κ3) is 4.08. The molecule has 0 aromatic carbocycles. The van der Waals surface area contributed by atoms with Crippen molar-refractivity contribution in [1.29, 1.82) is 0 Å². The molecule has 1 atom stereocenters. The predicted molar refractivity (Wildman–Crippen MR) is 77.5 cm³/mol. The molecule has 1 unspecified atom stereocenters. The van der Waals surface area contributed by atoms with Crippen LogP contribution in [0.3, 0.4) is 0 Å². The van der Waals surface area contributed by atoms with Crippen molar-refractivity contribution in [3.05, 3.63) is 0 Å². The summed E-state index contributed by atoms with van der Waals surface area (Å²) in [4.78, 5) is 5.16. The molecule has 0 aliphatic carbocycles. The van der Waals surface area contributed by atoms with E-state index in [0.717, 1.165) is 19.1 Å². The average Bonchev–Trinajstić information content (AvgIpc) is 2.48. The number of rotatable bonds is 4. The van der Waals surface area contributed by atoms with Crippen molar-refractivity contribution in [2.45, 2.75) is 57.5 Å². The van der Waals surface area contributed by atoms with Crippen LogP contribution in [0.5, 0.6) is 0 Å². The summed E-state index contributed by atoms with van der Waals surface area (Å²) in [6.07, 6.45) is 7.35. The first-order valence-corrected chi connectivity index (χ1v) is 7.65. The first-order chi connectivity index (χ1) is 9.20. The molecule has 2 aliphatic rings. The van der Waals surface area contributed by atoms with E-state index in [1.807, 2.05) is 0 Å². The Morgan fingerprint density at radius 3 is 2.42 bits per heavy atom. The van der Waals surface area contributed by atoms with Gasteiger partial charge in [0.15, 0.2) is 0 Å². The quantitative estimate of drug-likeness (QED) is 0.351. The van der Waals surface area contributed by atoms with Gasteiger partial charge in [0.2, 0.25) is 0 Å². The van der Waals surface area contributed by atoms with Crippen LogP contribution in [0.2, 0.25) is 0 Å². The molecule has 0 amide bonds. The SMILES string of the molecule is CC(CC(N)=NO)N1CCC(N2CCCCC2)CC1. The molecule has 2 rings (SSSR count). The molecule has 0 bridgehead atoms. The predicted octanol–water partition coefficient (Wildman–Crippen LogP) is 1.46. The summed E-state index contributed by atoms with van der Waals surface area (Å²) in [6, 6.07) is 1.16. The summed E-state index contributed by atoms with van der Waals surface area (Å²) >= 11 is 0. The third-order valence-electron chi connectivity index (χ3n) is 4.66.